The molecule has 0 saturated carbocycles. The summed E-state index contributed by atoms with van der Waals surface area (Å²) in [7, 11) is 0. The molecule has 0 unspecified atom stereocenters. The summed E-state index contributed by atoms with van der Waals surface area (Å²) in [5, 5.41) is 18.3. The van der Waals surface area contributed by atoms with E-state index in [2.05, 4.69) is 16.3 Å². The Hall–Kier alpha value is -1.33. The number of hydrogen-bond donors (Lipinski definition) is 1. The summed E-state index contributed by atoms with van der Waals surface area (Å²) in [4.78, 5) is 0. The maximum absolute atomic E-state index is 9.66. The van der Waals surface area contributed by atoms with Crippen LogP contribution in [0.3, 0.4) is 0 Å². The first-order valence-electron chi connectivity index (χ1n) is 6.61. The van der Waals surface area contributed by atoms with E-state index in [1.807, 2.05) is 26.0 Å². The second-order valence-corrected chi connectivity index (χ2v) is 6.71. The van der Waals surface area contributed by atoms with Gasteiger partial charge in [-0.3, -0.25) is 0 Å². The fourth-order valence-corrected chi connectivity index (χ4v) is 2.88. The lowest BCUT2D eigenvalue weighted by Gasteiger charge is -2.15. The molecule has 2 rings (SSSR count). The normalized spacial score (nSPS) is 11.8. The van der Waals surface area contributed by atoms with E-state index in [0.29, 0.717) is 17.5 Å². The summed E-state index contributed by atoms with van der Waals surface area (Å²) in [6.45, 7) is 7.68. The Balaban J connectivity index is 2.05. The molecule has 0 aliphatic carbocycles. The Morgan fingerprint density at radius 1 is 1.15 bits per heavy atom. The highest BCUT2D eigenvalue weighted by atomic mass is 32.2. The molecule has 0 aliphatic rings. The number of thioether (sulfide) groups is 1. The maximum Gasteiger partial charge on any atom is 0.276 e. The summed E-state index contributed by atoms with van der Waals surface area (Å²) in [6, 6.07) is 6.18. The maximum atomic E-state index is 9.66. The molecule has 5 heteroatoms. The van der Waals surface area contributed by atoms with Gasteiger partial charge in [0.1, 0.15) is 0 Å². The molecule has 0 aliphatic heterocycles. The highest BCUT2D eigenvalue weighted by Gasteiger charge is 2.14. The van der Waals surface area contributed by atoms with Crippen molar-refractivity contribution in [2.75, 3.05) is 5.75 Å². The molecule has 0 saturated heterocycles. The summed E-state index contributed by atoms with van der Waals surface area (Å²) < 4.78 is 5.65. The van der Waals surface area contributed by atoms with Crippen LogP contribution in [-0.2, 0) is 0 Å². The van der Waals surface area contributed by atoms with Crippen molar-refractivity contribution in [2.24, 2.45) is 0 Å². The average molecular weight is 292 g/mol. The van der Waals surface area contributed by atoms with Crippen LogP contribution in [0.4, 0.5) is 0 Å². The minimum atomic E-state index is -0.663. The van der Waals surface area contributed by atoms with E-state index in [1.54, 1.807) is 13.8 Å². The largest absolute Gasteiger partial charge is 0.411 e. The van der Waals surface area contributed by atoms with Crippen molar-refractivity contribution in [3.63, 3.8) is 0 Å². The minimum Gasteiger partial charge on any atom is -0.411 e. The smallest absolute Gasteiger partial charge is 0.276 e. The van der Waals surface area contributed by atoms with Gasteiger partial charge in [0, 0.05) is 11.3 Å². The second-order valence-electron chi connectivity index (χ2n) is 5.66. The van der Waals surface area contributed by atoms with Crippen LogP contribution in [0.5, 0.6) is 0 Å². The molecule has 0 spiro atoms. The first-order chi connectivity index (χ1) is 9.33. The van der Waals surface area contributed by atoms with Crippen LogP contribution in [0.2, 0.25) is 0 Å². The predicted octanol–water partition coefficient (Wildman–Crippen LogP) is 3.61. The van der Waals surface area contributed by atoms with Gasteiger partial charge in [-0.15, -0.1) is 10.2 Å². The molecule has 2 aromatic rings. The molecule has 0 bridgehead atoms. The zero-order chi connectivity index (χ0) is 14.8. The standard InChI is InChI=1S/C15H20N2O2S/c1-10-7-11(2)9-12(8-10)13-16-17-14(19-13)20-6-5-15(3,4)18/h7-9,18H,5-6H2,1-4H3. The Kier molecular flexibility index (Phi) is 4.50. The third-order valence-corrected chi connectivity index (χ3v) is 3.63. The number of benzene rings is 1. The monoisotopic (exact) mass is 292 g/mol. The number of nitrogens with zero attached hydrogens (tertiary/aromatic N) is 2. The van der Waals surface area contributed by atoms with Gasteiger partial charge >= 0.3 is 0 Å². The Bertz CT molecular complexity index is 568. The lowest BCUT2D eigenvalue weighted by atomic mass is 10.1. The topological polar surface area (TPSA) is 59.2 Å². The number of rotatable bonds is 5. The zero-order valence-corrected chi connectivity index (χ0v) is 13.1. The third kappa shape index (κ3) is 4.35. The van der Waals surface area contributed by atoms with E-state index < -0.39 is 5.60 Å². The summed E-state index contributed by atoms with van der Waals surface area (Å²) in [6.07, 6.45) is 0.679. The number of aryl methyl sites for hydroxylation is 2. The fourth-order valence-electron chi connectivity index (χ4n) is 1.87. The van der Waals surface area contributed by atoms with Gasteiger partial charge in [-0.25, -0.2) is 0 Å². The summed E-state index contributed by atoms with van der Waals surface area (Å²) in [5.74, 6) is 1.29. The van der Waals surface area contributed by atoms with Gasteiger partial charge in [0.2, 0.25) is 5.89 Å². The van der Waals surface area contributed by atoms with Crippen LogP contribution >= 0.6 is 11.8 Å². The highest BCUT2D eigenvalue weighted by Crippen LogP contribution is 2.26. The number of aromatic nitrogens is 2. The zero-order valence-electron chi connectivity index (χ0n) is 12.3. The summed E-state index contributed by atoms with van der Waals surface area (Å²) in [5.41, 5.74) is 2.64. The van der Waals surface area contributed by atoms with Crippen molar-refractivity contribution < 1.29 is 9.52 Å². The van der Waals surface area contributed by atoms with Gasteiger partial charge in [-0.05, 0) is 46.2 Å². The molecule has 0 fully saturated rings. The van der Waals surface area contributed by atoms with Gasteiger partial charge < -0.3 is 9.52 Å². The second kappa shape index (κ2) is 5.97. The predicted molar refractivity (Wildman–Crippen MR) is 80.8 cm³/mol. The summed E-state index contributed by atoms with van der Waals surface area (Å²) >= 11 is 1.47. The van der Waals surface area contributed by atoms with E-state index in [0.717, 1.165) is 11.3 Å². The molecule has 1 aromatic carbocycles. The molecular formula is C15H20N2O2S. The van der Waals surface area contributed by atoms with Crippen molar-refractivity contribution in [1.29, 1.82) is 0 Å². The number of aliphatic hydroxyl groups is 1. The van der Waals surface area contributed by atoms with E-state index >= 15 is 0 Å². The van der Waals surface area contributed by atoms with E-state index in [-0.39, 0.29) is 0 Å². The van der Waals surface area contributed by atoms with Crippen LogP contribution in [0.25, 0.3) is 11.5 Å². The molecule has 0 radical (unpaired) electrons. The lowest BCUT2D eigenvalue weighted by molar-refractivity contribution is 0.0777. The molecule has 0 atom stereocenters. The van der Waals surface area contributed by atoms with E-state index in [9.17, 15) is 5.11 Å². The van der Waals surface area contributed by atoms with Crippen molar-refractivity contribution >= 4 is 11.8 Å². The van der Waals surface area contributed by atoms with Gasteiger partial charge in [0.25, 0.3) is 5.22 Å². The molecule has 20 heavy (non-hydrogen) atoms. The van der Waals surface area contributed by atoms with Gasteiger partial charge in [0.05, 0.1) is 5.60 Å². The van der Waals surface area contributed by atoms with E-state index in [1.165, 1.54) is 22.9 Å². The van der Waals surface area contributed by atoms with E-state index in [4.69, 9.17) is 4.42 Å². The lowest BCUT2D eigenvalue weighted by Crippen LogP contribution is -2.18. The molecule has 0 amide bonds. The highest BCUT2D eigenvalue weighted by molar-refractivity contribution is 7.99. The van der Waals surface area contributed by atoms with Crippen molar-refractivity contribution in [3.8, 4) is 11.5 Å². The van der Waals surface area contributed by atoms with Crippen LogP contribution in [0.15, 0.2) is 27.8 Å². The Labute approximate surface area is 123 Å². The molecule has 1 N–H and O–H groups in total. The minimum absolute atomic E-state index is 0.544. The van der Waals surface area contributed by atoms with Gasteiger partial charge in [-0.2, -0.15) is 0 Å². The van der Waals surface area contributed by atoms with Crippen molar-refractivity contribution in [1.82, 2.24) is 10.2 Å². The van der Waals surface area contributed by atoms with Gasteiger partial charge in [-0.1, -0.05) is 29.0 Å². The van der Waals surface area contributed by atoms with Crippen LogP contribution in [0.1, 0.15) is 31.4 Å². The first-order valence-corrected chi connectivity index (χ1v) is 7.59. The van der Waals surface area contributed by atoms with Crippen molar-refractivity contribution in [3.05, 3.63) is 29.3 Å². The van der Waals surface area contributed by atoms with Crippen molar-refractivity contribution in [2.45, 2.75) is 44.9 Å². The fraction of sp³-hybridized carbons (Fsp3) is 0.467. The first kappa shape index (κ1) is 15.1. The Morgan fingerprint density at radius 3 is 2.40 bits per heavy atom. The third-order valence-electron chi connectivity index (χ3n) is 2.81. The molecular weight excluding hydrogens is 272 g/mol. The van der Waals surface area contributed by atoms with Crippen LogP contribution in [-0.4, -0.2) is 26.7 Å². The molecule has 108 valence electrons. The number of hydrogen-bond acceptors (Lipinski definition) is 5. The SMILES string of the molecule is Cc1cc(C)cc(-c2nnc(SCCC(C)(C)O)o2)c1. The van der Waals surface area contributed by atoms with Crippen LogP contribution in [0, 0.1) is 13.8 Å². The Morgan fingerprint density at radius 2 is 1.80 bits per heavy atom. The van der Waals surface area contributed by atoms with Gasteiger partial charge in [0.15, 0.2) is 0 Å². The molecule has 1 aromatic heterocycles. The van der Waals surface area contributed by atoms with Crippen LogP contribution < -0.4 is 0 Å². The molecule has 1 heterocycles. The average Bonchev–Trinajstić information content (AvgIpc) is 2.74. The molecule has 4 nitrogen and oxygen atoms in total. The quantitative estimate of drug-likeness (QED) is 0.853.